The first kappa shape index (κ1) is 17.5. The van der Waals surface area contributed by atoms with Gasteiger partial charge in [-0.15, -0.1) is 0 Å². The van der Waals surface area contributed by atoms with Gasteiger partial charge in [0.1, 0.15) is 0 Å². The van der Waals surface area contributed by atoms with Crippen molar-refractivity contribution in [1.82, 2.24) is 0 Å². The second kappa shape index (κ2) is 10.0. The van der Waals surface area contributed by atoms with Gasteiger partial charge in [-0.2, -0.15) is 0 Å². The standard InChI is InChI=1S/C18H30O4/c19-18(20)10-4-2-1-3-9-16-12-22-14-17(16)13-21-11-15-7-5-6-8-15/h1,3,15-17H,2,4-14H2,(H,19,20)/b3-1-/t16-,17+/m0/s1. The van der Waals surface area contributed by atoms with Crippen molar-refractivity contribution in [2.45, 2.75) is 51.4 Å². The Morgan fingerprint density at radius 3 is 2.68 bits per heavy atom. The smallest absolute Gasteiger partial charge is 0.303 e. The van der Waals surface area contributed by atoms with E-state index >= 15 is 0 Å². The molecule has 0 aromatic heterocycles. The number of carbonyl (C=O) groups is 1. The van der Waals surface area contributed by atoms with E-state index in [-0.39, 0.29) is 6.42 Å². The highest BCUT2D eigenvalue weighted by atomic mass is 16.5. The molecule has 4 nitrogen and oxygen atoms in total. The Hall–Kier alpha value is -0.870. The van der Waals surface area contributed by atoms with Crippen LogP contribution >= 0.6 is 0 Å². The summed E-state index contributed by atoms with van der Waals surface area (Å²) in [4.78, 5) is 10.4. The average molecular weight is 310 g/mol. The monoisotopic (exact) mass is 310 g/mol. The van der Waals surface area contributed by atoms with Gasteiger partial charge in [-0.3, -0.25) is 4.79 Å². The fourth-order valence-electron chi connectivity index (χ4n) is 3.41. The Morgan fingerprint density at radius 2 is 1.91 bits per heavy atom. The molecule has 0 radical (unpaired) electrons. The molecular formula is C18H30O4. The molecule has 2 rings (SSSR count). The molecule has 0 bridgehead atoms. The molecule has 1 aliphatic carbocycles. The summed E-state index contributed by atoms with van der Waals surface area (Å²) in [5, 5.41) is 8.58. The van der Waals surface area contributed by atoms with Crippen LogP contribution in [-0.2, 0) is 14.3 Å². The van der Waals surface area contributed by atoms with Crippen molar-refractivity contribution < 1.29 is 19.4 Å². The lowest BCUT2D eigenvalue weighted by atomic mass is 9.93. The van der Waals surface area contributed by atoms with E-state index in [4.69, 9.17) is 14.6 Å². The molecule has 1 saturated heterocycles. The number of carboxylic acids is 1. The van der Waals surface area contributed by atoms with Gasteiger partial charge in [-0.1, -0.05) is 25.0 Å². The van der Waals surface area contributed by atoms with Gasteiger partial charge in [-0.05, 0) is 43.9 Å². The molecule has 0 amide bonds. The lowest BCUT2D eigenvalue weighted by molar-refractivity contribution is -0.137. The van der Waals surface area contributed by atoms with Crippen molar-refractivity contribution in [3.63, 3.8) is 0 Å². The first-order chi connectivity index (χ1) is 10.8. The molecule has 0 aromatic rings. The number of hydrogen-bond donors (Lipinski definition) is 1. The van der Waals surface area contributed by atoms with Crippen LogP contribution < -0.4 is 0 Å². The third kappa shape index (κ3) is 6.49. The summed E-state index contributed by atoms with van der Waals surface area (Å²) in [6.07, 6.45) is 12.6. The number of allylic oxidation sites excluding steroid dienone is 2. The van der Waals surface area contributed by atoms with Crippen LogP contribution in [0.4, 0.5) is 0 Å². The molecule has 0 aromatic carbocycles. The summed E-state index contributed by atoms with van der Waals surface area (Å²) in [6.45, 7) is 3.40. The van der Waals surface area contributed by atoms with Gasteiger partial charge >= 0.3 is 5.97 Å². The highest BCUT2D eigenvalue weighted by Crippen LogP contribution is 2.27. The quantitative estimate of drug-likeness (QED) is 0.494. The normalized spacial score (nSPS) is 26.2. The minimum atomic E-state index is -0.711. The number of unbranched alkanes of at least 4 members (excludes halogenated alkanes) is 1. The Morgan fingerprint density at radius 1 is 1.14 bits per heavy atom. The van der Waals surface area contributed by atoms with Crippen LogP contribution in [-0.4, -0.2) is 37.5 Å². The first-order valence-corrected chi connectivity index (χ1v) is 8.78. The zero-order valence-corrected chi connectivity index (χ0v) is 13.5. The molecule has 4 heteroatoms. The van der Waals surface area contributed by atoms with E-state index in [2.05, 4.69) is 12.2 Å². The number of rotatable bonds is 10. The van der Waals surface area contributed by atoms with Crippen LogP contribution in [0.2, 0.25) is 0 Å². The molecule has 0 spiro atoms. The van der Waals surface area contributed by atoms with Gasteiger partial charge in [-0.25, -0.2) is 0 Å². The van der Waals surface area contributed by atoms with E-state index in [0.717, 1.165) is 51.6 Å². The van der Waals surface area contributed by atoms with Crippen molar-refractivity contribution in [3.8, 4) is 0 Å². The zero-order valence-electron chi connectivity index (χ0n) is 13.5. The predicted octanol–water partition coefficient (Wildman–Crippen LogP) is 3.66. The summed E-state index contributed by atoms with van der Waals surface area (Å²) in [5.41, 5.74) is 0. The fourth-order valence-corrected chi connectivity index (χ4v) is 3.41. The minimum absolute atomic E-state index is 0.258. The summed E-state index contributed by atoms with van der Waals surface area (Å²) in [5.74, 6) is 1.15. The summed E-state index contributed by atoms with van der Waals surface area (Å²) < 4.78 is 11.5. The van der Waals surface area contributed by atoms with Crippen molar-refractivity contribution in [2.24, 2.45) is 17.8 Å². The topological polar surface area (TPSA) is 55.8 Å². The molecule has 1 N–H and O–H groups in total. The lowest BCUT2D eigenvalue weighted by Gasteiger charge is -2.17. The zero-order chi connectivity index (χ0) is 15.6. The SMILES string of the molecule is O=C(O)CCC/C=C\C[C@H]1COC[C@H]1COCC1CCCC1. The fraction of sp³-hybridized carbons (Fsp3) is 0.833. The summed E-state index contributed by atoms with van der Waals surface area (Å²) in [7, 11) is 0. The highest BCUT2D eigenvalue weighted by molar-refractivity contribution is 5.66. The van der Waals surface area contributed by atoms with Crippen molar-refractivity contribution >= 4 is 5.97 Å². The van der Waals surface area contributed by atoms with Gasteiger partial charge in [0.2, 0.25) is 0 Å². The van der Waals surface area contributed by atoms with E-state index in [1.165, 1.54) is 25.7 Å². The Labute approximate surface area is 133 Å². The van der Waals surface area contributed by atoms with Gasteiger partial charge in [0.05, 0.1) is 19.8 Å². The predicted molar refractivity (Wildman–Crippen MR) is 85.8 cm³/mol. The van der Waals surface area contributed by atoms with Gasteiger partial charge < -0.3 is 14.6 Å². The van der Waals surface area contributed by atoms with Crippen LogP contribution in [0.1, 0.15) is 51.4 Å². The maximum absolute atomic E-state index is 10.4. The van der Waals surface area contributed by atoms with Crippen molar-refractivity contribution in [1.29, 1.82) is 0 Å². The molecule has 2 aliphatic rings. The molecule has 126 valence electrons. The van der Waals surface area contributed by atoms with Crippen LogP contribution in [0.15, 0.2) is 12.2 Å². The minimum Gasteiger partial charge on any atom is -0.481 e. The highest BCUT2D eigenvalue weighted by Gasteiger charge is 2.27. The van der Waals surface area contributed by atoms with E-state index in [0.29, 0.717) is 11.8 Å². The molecule has 22 heavy (non-hydrogen) atoms. The number of ether oxygens (including phenoxy) is 2. The average Bonchev–Trinajstić information content (AvgIpc) is 3.14. The van der Waals surface area contributed by atoms with Crippen molar-refractivity contribution in [2.75, 3.05) is 26.4 Å². The maximum atomic E-state index is 10.4. The van der Waals surface area contributed by atoms with Gasteiger partial charge in [0.15, 0.2) is 0 Å². The van der Waals surface area contributed by atoms with Crippen LogP contribution in [0, 0.1) is 17.8 Å². The second-order valence-electron chi connectivity index (χ2n) is 6.74. The van der Waals surface area contributed by atoms with Gasteiger partial charge in [0.25, 0.3) is 0 Å². The van der Waals surface area contributed by atoms with E-state index in [1.807, 2.05) is 0 Å². The lowest BCUT2D eigenvalue weighted by Crippen LogP contribution is -2.20. The van der Waals surface area contributed by atoms with E-state index < -0.39 is 5.97 Å². The Kier molecular flexibility index (Phi) is 7.95. The molecule has 1 heterocycles. The number of aliphatic carboxylic acids is 1. The number of carboxylic acid groups (broad SMARTS) is 1. The van der Waals surface area contributed by atoms with E-state index in [9.17, 15) is 4.79 Å². The molecule has 1 aliphatic heterocycles. The molecular weight excluding hydrogens is 280 g/mol. The molecule has 1 saturated carbocycles. The largest absolute Gasteiger partial charge is 0.481 e. The molecule has 2 fully saturated rings. The van der Waals surface area contributed by atoms with Crippen LogP contribution in [0.25, 0.3) is 0 Å². The number of hydrogen-bond acceptors (Lipinski definition) is 3. The molecule has 2 atom stereocenters. The van der Waals surface area contributed by atoms with Crippen molar-refractivity contribution in [3.05, 3.63) is 12.2 Å². The van der Waals surface area contributed by atoms with Crippen LogP contribution in [0.5, 0.6) is 0 Å². The van der Waals surface area contributed by atoms with Crippen LogP contribution in [0.3, 0.4) is 0 Å². The third-order valence-corrected chi connectivity index (χ3v) is 4.86. The third-order valence-electron chi connectivity index (χ3n) is 4.86. The Balaban J connectivity index is 1.56. The first-order valence-electron chi connectivity index (χ1n) is 8.78. The summed E-state index contributed by atoms with van der Waals surface area (Å²) in [6, 6.07) is 0. The van der Waals surface area contributed by atoms with Gasteiger partial charge in [0, 0.05) is 18.9 Å². The molecule has 0 unspecified atom stereocenters. The summed E-state index contributed by atoms with van der Waals surface area (Å²) >= 11 is 0. The maximum Gasteiger partial charge on any atom is 0.303 e. The van der Waals surface area contributed by atoms with E-state index in [1.54, 1.807) is 0 Å². The Bertz CT molecular complexity index is 347. The second-order valence-corrected chi connectivity index (χ2v) is 6.74.